The van der Waals surface area contributed by atoms with Crippen molar-refractivity contribution in [2.45, 2.75) is 33.6 Å². The van der Waals surface area contributed by atoms with Crippen LogP contribution >= 0.6 is 11.6 Å². The summed E-state index contributed by atoms with van der Waals surface area (Å²) in [6.07, 6.45) is 1.22. The van der Waals surface area contributed by atoms with E-state index >= 15 is 0 Å². The quantitative estimate of drug-likeness (QED) is 0.716. The van der Waals surface area contributed by atoms with Gasteiger partial charge >= 0.3 is 0 Å². The third-order valence-corrected chi connectivity index (χ3v) is 5.21. The van der Waals surface area contributed by atoms with Crippen LogP contribution in [0.1, 0.15) is 53.0 Å². The SMILES string of the molecule is Cc1cc(C(=O)NCC(C)C)ccc1NC(=O)c1ccc(Cl)cc1N1CCCC1=O. The van der Waals surface area contributed by atoms with Gasteiger partial charge in [-0.05, 0) is 61.2 Å². The zero-order chi connectivity index (χ0) is 21.8. The van der Waals surface area contributed by atoms with Crippen molar-refractivity contribution in [3.63, 3.8) is 0 Å². The van der Waals surface area contributed by atoms with Gasteiger partial charge in [0.2, 0.25) is 5.91 Å². The van der Waals surface area contributed by atoms with E-state index in [1.807, 2.05) is 20.8 Å². The van der Waals surface area contributed by atoms with E-state index in [9.17, 15) is 14.4 Å². The first kappa shape index (κ1) is 21.8. The molecule has 2 aromatic rings. The van der Waals surface area contributed by atoms with E-state index < -0.39 is 0 Å². The molecule has 0 aliphatic carbocycles. The summed E-state index contributed by atoms with van der Waals surface area (Å²) in [4.78, 5) is 39.0. The molecule has 1 heterocycles. The Labute approximate surface area is 181 Å². The van der Waals surface area contributed by atoms with Crippen LogP contribution in [0.5, 0.6) is 0 Å². The Bertz CT molecular complexity index is 988. The molecule has 3 rings (SSSR count). The molecule has 1 saturated heterocycles. The zero-order valence-electron chi connectivity index (χ0n) is 17.4. The van der Waals surface area contributed by atoms with Crippen molar-refractivity contribution < 1.29 is 14.4 Å². The van der Waals surface area contributed by atoms with Crippen molar-refractivity contribution >= 4 is 40.7 Å². The van der Waals surface area contributed by atoms with Crippen LogP contribution in [0.15, 0.2) is 36.4 Å². The smallest absolute Gasteiger partial charge is 0.257 e. The fourth-order valence-corrected chi connectivity index (χ4v) is 3.52. The lowest BCUT2D eigenvalue weighted by Gasteiger charge is -2.20. The van der Waals surface area contributed by atoms with E-state index in [0.717, 1.165) is 12.0 Å². The van der Waals surface area contributed by atoms with Crippen LogP contribution in [0.4, 0.5) is 11.4 Å². The van der Waals surface area contributed by atoms with E-state index in [1.54, 1.807) is 41.3 Å². The minimum absolute atomic E-state index is 0.0146. The average Bonchev–Trinajstić information content (AvgIpc) is 3.13. The highest BCUT2D eigenvalue weighted by atomic mass is 35.5. The lowest BCUT2D eigenvalue weighted by atomic mass is 10.1. The molecule has 2 N–H and O–H groups in total. The van der Waals surface area contributed by atoms with Crippen molar-refractivity contribution in [1.82, 2.24) is 5.32 Å². The fraction of sp³-hybridized carbons (Fsp3) is 0.348. The summed E-state index contributed by atoms with van der Waals surface area (Å²) >= 11 is 6.12. The lowest BCUT2D eigenvalue weighted by Crippen LogP contribution is -2.27. The van der Waals surface area contributed by atoms with Crippen LogP contribution in [-0.4, -0.2) is 30.8 Å². The molecule has 0 aromatic heterocycles. The van der Waals surface area contributed by atoms with Gasteiger partial charge in [0.15, 0.2) is 0 Å². The summed E-state index contributed by atoms with van der Waals surface area (Å²) in [5, 5.41) is 6.24. The minimum atomic E-state index is -0.332. The van der Waals surface area contributed by atoms with Gasteiger partial charge in [0, 0.05) is 35.8 Å². The van der Waals surface area contributed by atoms with Crippen molar-refractivity contribution in [2.24, 2.45) is 5.92 Å². The molecule has 1 fully saturated rings. The molecule has 30 heavy (non-hydrogen) atoms. The number of amides is 3. The van der Waals surface area contributed by atoms with Crippen molar-refractivity contribution in [3.05, 3.63) is 58.1 Å². The largest absolute Gasteiger partial charge is 0.352 e. The van der Waals surface area contributed by atoms with Crippen LogP contribution in [0.2, 0.25) is 5.02 Å². The standard InChI is InChI=1S/C23H26ClN3O3/c1-14(2)13-25-22(29)16-6-9-19(15(3)11-16)26-23(30)18-8-7-17(24)12-20(18)27-10-4-5-21(27)28/h6-9,11-12,14H,4-5,10,13H2,1-3H3,(H,25,29)(H,26,30). The molecule has 0 bridgehead atoms. The molecule has 158 valence electrons. The van der Waals surface area contributed by atoms with E-state index in [4.69, 9.17) is 11.6 Å². The number of carbonyl (C=O) groups excluding carboxylic acids is 3. The molecule has 0 unspecified atom stereocenters. The Morgan fingerprint density at radius 2 is 1.90 bits per heavy atom. The predicted octanol–water partition coefficient (Wildman–Crippen LogP) is 4.41. The second-order valence-electron chi connectivity index (χ2n) is 7.90. The highest BCUT2D eigenvalue weighted by molar-refractivity contribution is 6.31. The van der Waals surface area contributed by atoms with E-state index in [0.29, 0.717) is 53.0 Å². The third kappa shape index (κ3) is 5.00. The van der Waals surface area contributed by atoms with Gasteiger partial charge in [0.25, 0.3) is 11.8 Å². The maximum atomic E-state index is 13.0. The van der Waals surface area contributed by atoms with Crippen LogP contribution in [0.3, 0.4) is 0 Å². The number of carbonyl (C=O) groups is 3. The van der Waals surface area contributed by atoms with E-state index in [2.05, 4.69) is 10.6 Å². The number of halogens is 1. The molecule has 7 heteroatoms. The normalized spacial score (nSPS) is 13.6. The topological polar surface area (TPSA) is 78.5 Å². The second kappa shape index (κ2) is 9.30. The second-order valence-corrected chi connectivity index (χ2v) is 8.33. The van der Waals surface area contributed by atoms with Crippen molar-refractivity contribution in [2.75, 3.05) is 23.3 Å². The number of nitrogens with one attached hydrogen (secondary N) is 2. The number of aryl methyl sites for hydroxylation is 1. The van der Waals surface area contributed by atoms with Gasteiger partial charge in [-0.25, -0.2) is 0 Å². The number of benzene rings is 2. The summed E-state index contributed by atoms with van der Waals surface area (Å²) in [6, 6.07) is 10.1. The molecule has 2 aromatic carbocycles. The Balaban J connectivity index is 1.80. The van der Waals surface area contributed by atoms with Crippen LogP contribution in [0, 0.1) is 12.8 Å². The fourth-order valence-electron chi connectivity index (χ4n) is 3.36. The summed E-state index contributed by atoms with van der Waals surface area (Å²) in [5.74, 6) is -0.123. The Morgan fingerprint density at radius 1 is 1.13 bits per heavy atom. The maximum Gasteiger partial charge on any atom is 0.257 e. The zero-order valence-corrected chi connectivity index (χ0v) is 18.2. The molecule has 6 nitrogen and oxygen atoms in total. The molecule has 0 saturated carbocycles. The Morgan fingerprint density at radius 3 is 2.53 bits per heavy atom. The van der Waals surface area contributed by atoms with Gasteiger partial charge in [0.05, 0.1) is 11.3 Å². The number of nitrogens with zero attached hydrogens (tertiary/aromatic N) is 1. The monoisotopic (exact) mass is 427 g/mol. The predicted molar refractivity (Wildman–Crippen MR) is 119 cm³/mol. The highest BCUT2D eigenvalue weighted by Crippen LogP contribution is 2.29. The van der Waals surface area contributed by atoms with E-state index in [1.165, 1.54) is 0 Å². The molecule has 1 aliphatic rings. The van der Waals surface area contributed by atoms with Gasteiger partial charge < -0.3 is 15.5 Å². The molecule has 3 amide bonds. The van der Waals surface area contributed by atoms with Gasteiger partial charge in [-0.1, -0.05) is 25.4 Å². The van der Waals surface area contributed by atoms with Crippen LogP contribution < -0.4 is 15.5 Å². The summed E-state index contributed by atoms with van der Waals surface area (Å²) < 4.78 is 0. The van der Waals surface area contributed by atoms with Gasteiger partial charge in [-0.2, -0.15) is 0 Å². The molecule has 0 radical (unpaired) electrons. The van der Waals surface area contributed by atoms with Gasteiger partial charge in [-0.15, -0.1) is 0 Å². The number of hydrogen-bond donors (Lipinski definition) is 2. The molecule has 1 aliphatic heterocycles. The molecular formula is C23H26ClN3O3. The highest BCUT2D eigenvalue weighted by Gasteiger charge is 2.26. The summed E-state index contributed by atoms with van der Waals surface area (Å²) in [5.41, 5.74) is 2.82. The van der Waals surface area contributed by atoms with Crippen LogP contribution in [-0.2, 0) is 4.79 Å². The maximum absolute atomic E-state index is 13.0. The number of hydrogen-bond acceptors (Lipinski definition) is 3. The molecular weight excluding hydrogens is 402 g/mol. The first-order valence-corrected chi connectivity index (χ1v) is 10.4. The average molecular weight is 428 g/mol. The Kier molecular flexibility index (Phi) is 6.77. The minimum Gasteiger partial charge on any atom is -0.352 e. The molecule has 0 atom stereocenters. The van der Waals surface area contributed by atoms with Gasteiger partial charge in [-0.3, -0.25) is 14.4 Å². The summed E-state index contributed by atoms with van der Waals surface area (Å²) in [7, 11) is 0. The van der Waals surface area contributed by atoms with Crippen LogP contribution in [0.25, 0.3) is 0 Å². The number of anilines is 2. The Hall–Kier alpha value is -2.86. The first-order valence-electron chi connectivity index (χ1n) is 10.1. The molecule has 0 spiro atoms. The van der Waals surface area contributed by atoms with Crippen molar-refractivity contribution in [3.8, 4) is 0 Å². The third-order valence-electron chi connectivity index (χ3n) is 4.98. The summed E-state index contributed by atoms with van der Waals surface area (Å²) in [6.45, 7) is 7.07. The lowest BCUT2D eigenvalue weighted by molar-refractivity contribution is -0.117. The van der Waals surface area contributed by atoms with Gasteiger partial charge in [0.1, 0.15) is 0 Å². The number of rotatable bonds is 6. The van der Waals surface area contributed by atoms with Crippen molar-refractivity contribution in [1.29, 1.82) is 0 Å². The van der Waals surface area contributed by atoms with E-state index in [-0.39, 0.29) is 17.7 Å². The first-order chi connectivity index (χ1) is 14.3.